The average molecular weight is 580 g/mol. The summed E-state index contributed by atoms with van der Waals surface area (Å²) in [5, 5.41) is 0.710. The first-order valence-electron chi connectivity index (χ1n) is 13.3. The molecule has 0 amide bonds. The molecule has 1 aliphatic carbocycles. The zero-order valence-corrected chi connectivity index (χ0v) is 23.4. The van der Waals surface area contributed by atoms with E-state index in [9.17, 15) is 14.4 Å². The van der Waals surface area contributed by atoms with Crippen LogP contribution < -0.4 is 9.64 Å². The van der Waals surface area contributed by atoms with Gasteiger partial charge in [-0.3, -0.25) is 14.4 Å². The molecule has 202 valence electrons. The maximum absolute atomic E-state index is 14.7. The molecular formula is C34H23Cl2NO4. The molecule has 0 unspecified atom stereocenters. The molecule has 7 rings (SSSR count). The summed E-state index contributed by atoms with van der Waals surface area (Å²) in [4.78, 5) is 46.0. The Hall–Kier alpha value is -4.19. The van der Waals surface area contributed by atoms with Gasteiger partial charge in [-0.25, -0.2) is 0 Å². The quantitative estimate of drug-likeness (QED) is 0.187. The number of halogens is 2. The Kier molecular flexibility index (Phi) is 5.93. The number of para-hydroxylation sites is 1. The molecule has 0 bridgehead atoms. The fraction of sp³-hybridized carbons (Fsp3) is 0.147. The third-order valence-corrected chi connectivity index (χ3v) is 9.22. The molecule has 7 heteroatoms. The van der Waals surface area contributed by atoms with Crippen molar-refractivity contribution in [1.82, 2.24) is 0 Å². The van der Waals surface area contributed by atoms with Gasteiger partial charge in [-0.2, -0.15) is 0 Å². The Morgan fingerprint density at radius 1 is 0.854 bits per heavy atom. The van der Waals surface area contributed by atoms with Gasteiger partial charge in [0.2, 0.25) is 0 Å². The molecule has 1 saturated heterocycles. The molecular weight excluding hydrogens is 557 g/mol. The highest BCUT2D eigenvalue weighted by atomic mass is 35.5. The van der Waals surface area contributed by atoms with E-state index >= 15 is 0 Å². The minimum Gasteiger partial charge on any atom is -0.497 e. The molecule has 5 nitrogen and oxygen atoms in total. The van der Waals surface area contributed by atoms with Crippen LogP contribution in [-0.2, 0) is 0 Å². The van der Waals surface area contributed by atoms with Crippen LogP contribution in [0.4, 0.5) is 5.69 Å². The van der Waals surface area contributed by atoms with Crippen molar-refractivity contribution in [2.45, 2.75) is 18.0 Å². The number of Topliss-reactive ketones (excluding diaryl/α,β-unsaturated/α-hetero) is 3. The number of ether oxygens (including phenoxy) is 1. The summed E-state index contributed by atoms with van der Waals surface area (Å²) in [5.74, 6) is -1.14. The number of anilines is 1. The number of benzene rings is 4. The van der Waals surface area contributed by atoms with Gasteiger partial charge in [0, 0.05) is 38.3 Å². The lowest BCUT2D eigenvalue weighted by Gasteiger charge is -2.37. The van der Waals surface area contributed by atoms with Crippen LogP contribution in [0.5, 0.6) is 5.75 Å². The van der Waals surface area contributed by atoms with E-state index in [4.69, 9.17) is 27.9 Å². The first kappa shape index (κ1) is 25.8. The van der Waals surface area contributed by atoms with Gasteiger partial charge in [-0.1, -0.05) is 83.9 Å². The van der Waals surface area contributed by atoms with Crippen LogP contribution in [0, 0.1) is 5.41 Å². The van der Waals surface area contributed by atoms with Crippen LogP contribution in [0.1, 0.15) is 48.1 Å². The average Bonchev–Trinajstić information content (AvgIpc) is 3.43. The Bertz CT molecular complexity index is 1760. The Morgan fingerprint density at radius 2 is 1.51 bits per heavy atom. The zero-order chi connectivity index (χ0) is 28.5. The second-order valence-electron chi connectivity index (χ2n) is 10.5. The monoisotopic (exact) mass is 579 g/mol. The number of fused-ring (bicyclic) bond motifs is 5. The highest BCUT2D eigenvalue weighted by Crippen LogP contribution is 2.61. The number of rotatable bonds is 4. The van der Waals surface area contributed by atoms with E-state index in [2.05, 4.69) is 0 Å². The highest BCUT2D eigenvalue weighted by Gasteiger charge is 2.71. The molecule has 4 aromatic rings. The van der Waals surface area contributed by atoms with Crippen LogP contribution in [0.15, 0.2) is 97.1 Å². The number of nitrogens with zero attached hydrogens (tertiary/aromatic N) is 1. The molecule has 1 fully saturated rings. The fourth-order valence-electron chi connectivity index (χ4n) is 6.94. The van der Waals surface area contributed by atoms with E-state index < -0.39 is 23.4 Å². The van der Waals surface area contributed by atoms with Crippen molar-refractivity contribution in [3.63, 3.8) is 0 Å². The van der Waals surface area contributed by atoms with E-state index in [0.29, 0.717) is 38.0 Å². The summed E-state index contributed by atoms with van der Waals surface area (Å²) in [5.41, 5.74) is 1.72. The van der Waals surface area contributed by atoms with Gasteiger partial charge in [0.1, 0.15) is 17.2 Å². The molecule has 1 spiro atoms. The maximum atomic E-state index is 14.7. The van der Waals surface area contributed by atoms with E-state index in [-0.39, 0.29) is 17.3 Å². The maximum Gasteiger partial charge on any atom is 0.185 e. The summed E-state index contributed by atoms with van der Waals surface area (Å²) >= 11 is 13.2. The smallest absolute Gasteiger partial charge is 0.185 e. The number of ketones is 3. The van der Waals surface area contributed by atoms with Gasteiger partial charge in [-0.15, -0.1) is 0 Å². The summed E-state index contributed by atoms with van der Waals surface area (Å²) in [6, 6.07) is 24.8. The zero-order valence-electron chi connectivity index (χ0n) is 21.9. The van der Waals surface area contributed by atoms with Gasteiger partial charge in [-0.05, 0) is 53.6 Å². The molecule has 0 radical (unpaired) electrons. The van der Waals surface area contributed by atoms with Gasteiger partial charge >= 0.3 is 0 Å². The number of carbonyl (C=O) groups excluding carboxylic acids is 3. The van der Waals surface area contributed by atoms with Crippen molar-refractivity contribution in [3.8, 4) is 5.75 Å². The van der Waals surface area contributed by atoms with E-state index in [1.165, 1.54) is 0 Å². The highest BCUT2D eigenvalue weighted by molar-refractivity contribution is 6.36. The van der Waals surface area contributed by atoms with Crippen molar-refractivity contribution in [1.29, 1.82) is 0 Å². The minimum atomic E-state index is -1.63. The van der Waals surface area contributed by atoms with Crippen LogP contribution >= 0.6 is 23.2 Å². The molecule has 2 heterocycles. The van der Waals surface area contributed by atoms with Gasteiger partial charge in [0.15, 0.2) is 17.3 Å². The summed E-state index contributed by atoms with van der Waals surface area (Å²) in [7, 11) is 1.56. The Morgan fingerprint density at radius 3 is 2.17 bits per heavy atom. The van der Waals surface area contributed by atoms with Gasteiger partial charge < -0.3 is 9.64 Å². The van der Waals surface area contributed by atoms with Crippen LogP contribution in [0.2, 0.25) is 10.0 Å². The number of hydrogen-bond acceptors (Lipinski definition) is 5. The predicted octanol–water partition coefficient (Wildman–Crippen LogP) is 7.32. The lowest BCUT2D eigenvalue weighted by atomic mass is 9.64. The van der Waals surface area contributed by atoms with Crippen LogP contribution in [0.3, 0.4) is 0 Å². The summed E-state index contributed by atoms with van der Waals surface area (Å²) in [6.45, 7) is 0. The SMILES string of the molecule is COc1ccc(C(=O)[C@H]2[C@H](c3ccc(Cl)cc3Cl)C3(C(=O)c4ccccc4C3=O)[C@H]3C=Cc4ccccc4N23)cc1. The fourth-order valence-corrected chi connectivity index (χ4v) is 7.47. The standard InChI is InChI=1S/C34H23Cl2NO4/c1-41-22-14-10-20(11-15-22)31(38)30-29(25-16-13-21(35)18-26(25)36)34(32(39)23-7-3-4-8-24(23)33(34)40)28-17-12-19-6-2-5-9-27(19)37(28)30/h2-18,28-30H,1H3/t28-,29+,30-/m1/s1. The largest absolute Gasteiger partial charge is 0.497 e. The molecule has 0 aromatic heterocycles. The first-order valence-corrected chi connectivity index (χ1v) is 14.0. The summed E-state index contributed by atoms with van der Waals surface area (Å²) < 4.78 is 5.31. The van der Waals surface area contributed by atoms with E-state index in [1.807, 2.05) is 41.3 Å². The summed E-state index contributed by atoms with van der Waals surface area (Å²) in [6.07, 6.45) is 3.82. The number of carbonyl (C=O) groups is 3. The van der Waals surface area contributed by atoms with Crippen LogP contribution in [-0.4, -0.2) is 36.5 Å². The van der Waals surface area contributed by atoms with Crippen LogP contribution in [0.25, 0.3) is 6.08 Å². The molecule has 3 atom stereocenters. The Balaban J connectivity index is 1.55. The van der Waals surface area contributed by atoms with E-state index in [1.54, 1.807) is 73.8 Å². The number of hydrogen-bond donors (Lipinski definition) is 0. The molecule has 0 saturated carbocycles. The van der Waals surface area contributed by atoms with Crippen molar-refractivity contribution in [2.24, 2.45) is 5.41 Å². The second-order valence-corrected chi connectivity index (χ2v) is 11.4. The van der Waals surface area contributed by atoms with Gasteiger partial charge in [0.05, 0.1) is 13.2 Å². The normalized spacial score (nSPS) is 21.5. The molecule has 2 aliphatic heterocycles. The van der Waals surface area contributed by atoms with Crippen molar-refractivity contribution in [3.05, 3.63) is 135 Å². The molecule has 41 heavy (non-hydrogen) atoms. The topological polar surface area (TPSA) is 63.7 Å². The third-order valence-electron chi connectivity index (χ3n) is 8.65. The van der Waals surface area contributed by atoms with Gasteiger partial charge in [0.25, 0.3) is 0 Å². The Labute approximate surface area is 247 Å². The second kappa shape index (κ2) is 9.44. The third kappa shape index (κ3) is 3.52. The van der Waals surface area contributed by atoms with E-state index in [0.717, 1.165) is 11.3 Å². The van der Waals surface area contributed by atoms with Crippen molar-refractivity contribution >= 4 is 52.3 Å². The minimum absolute atomic E-state index is 0.229. The lowest BCUT2D eigenvalue weighted by molar-refractivity contribution is 0.0666. The predicted molar refractivity (Wildman–Crippen MR) is 160 cm³/mol. The number of methoxy groups -OCH3 is 1. The van der Waals surface area contributed by atoms with Crippen molar-refractivity contribution < 1.29 is 19.1 Å². The molecule has 4 aromatic carbocycles. The molecule has 3 aliphatic rings. The first-order chi connectivity index (χ1) is 19.9. The van der Waals surface area contributed by atoms with Crippen molar-refractivity contribution in [2.75, 3.05) is 12.0 Å². The lowest BCUT2D eigenvalue weighted by Crippen LogP contribution is -2.48. The molecule has 0 N–H and O–H groups in total.